The first-order valence-corrected chi connectivity index (χ1v) is 8.66. The maximum atomic E-state index is 12.4. The molecule has 18 heavy (non-hydrogen) atoms. The van der Waals surface area contributed by atoms with Crippen LogP contribution < -0.4 is 11.3 Å². The van der Waals surface area contributed by atoms with Crippen LogP contribution in [0.3, 0.4) is 0 Å². The summed E-state index contributed by atoms with van der Waals surface area (Å²) in [4.78, 5) is 12.4. The quantitative estimate of drug-likeness (QED) is 0.667. The molecule has 2 N–H and O–H groups in total. The van der Waals surface area contributed by atoms with Gasteiger partial charge in [-0.25, -0.2) is 0 Å². The van der Waals surface area contributed by atoms with Crippen LogP contribution in [0, 0.1) is 12.4 Å². The lowest BCUT2D eigenvalue weighted by Gasteiger charge is -2.13. The molecule has 2 aromatic rings. The van der Waals surface area contributed by atoms with Gasteiger partial charge in [-0.3, -0.25) is 9.36 Å². The molecule has 0 saturated heterocycles. The highest BCUT2D eigenvalue weighted by Gasteiger charge is 2.15. The Hall–Kier alpha value is 0.170. The first-order valence-electron chi connectivity index (χ1n) is 5.68. The fraction of sp³-hybridized carbons (Fsp3) is 0.417. The molecule has 0 unspecified atom stereocenters. The number of pyridine rings is 1. The van der Waals surface area contributed by atoms with Crippen molar-refractivity contribution in [2.75, 3.05) is 5.73 Å². The Kier molecular flexibility index (Phi) is 4.58. The number of nitrogens with zero attached hydrogens (tertiary/aromatic N) is 1. The Morgan fingerprint density at radius 1 is 1.44 bits per heavy atom. The zero-order valence-corrected chi connectivity index (χ0v) is 15.3. The van der Waals surface area contributed by atoms with Crippen LogP contribution in [0.25, 0.3) is 10.1 Å². The first-order chi connectivity index (χ1) is 8.41. The molecule has 0 spiro atoms. The van der Waals surface area contributed by atoms with E-state index in [0.29, 0.717) is 18.3 Å². The summed E-state index contributed by atoms with van der Waals surface area (Å²) in [7, 11) is 0. The van der Waals surface area contributed by atoms with Gasteiger partial charge in [0.05, 0.1) is 16.5 Å². The third-order valence-corrected chi connectivity index (χ3v) is 6.19. The van der Waals surface area contributed by atoms with E-state index in [4.69, 9.17) is 5.73 Å². The van der Waals surface area contributed by atoms with E-state index in [9.17, 15) is 4.79 Å². The highest BCUT2D eigenvalue weighted by atomic mass is 127. The predicted octanol–water partition coefficient (Wildman–Crippen LogP) is 3.90. The molecule has 0 aliphatic rings. The SMILES string of the molecule is CC(C)CCn1c(N)c(I)c2sc(I)cc2c1=O. The molecule has 2 rings (SSSR count). The third-order valence-electron chi connectivity index (χ3n) is 2.82. The van der Waals surface area contributed by atoms with Crippen molar-refractivity contribution in [1.82, 2.24) is 4.57 Å². The Morgan fingerprint density at radius 2 is 2.11 bits per heavy atom. The lowest BCUT2D eigenvalue weighted by atomic mass is 10.1. The highest BCUT2D eigenvalue weighted by Crippen LogP contribution is 2.31. The summed E-state index contributed by atoms with van der Waals surface area (Å²) < 4.78 is 4.85. The molecule has 0 radical (unpaired) electrons. The summed E-state index contributed by atoms with van der Waals surface area (Å²) in [5, 5.41) is 0.798. The molecular weight excluding hydrogens is 474 g/mol. The number of rotatable bonds is 3. The van der Waals surface area contributed by atoms with E-state index in [-0.39, 0.29) is 5.56 Å². The molecule has 0 saturated carbocycles. The van der Waals surface area contributed by atoms with Gasteiger partial charge in [0.1, 0.15) is 5.82 Å². The largest absolute Gasteiger partial charge is 0.384 e. The number of anilines is 1. The second kappa shape index (κ2) is 5.66. The molecule has 0 aliphatic heterocycles. The normalized spacial score (nSPS) is 11.6. The summed E-state index contributed by atoms with van der Waals surface area (Å²) >= 11 is 6.11. The molecular formula is C12H14I2N2OS. The van der Waals surface area contributed by atoms with Crippen molar-refractivity contribution in [3.63, 3.8) is 0 Å². The number of halogens is 2. The first kappa shape index (κ1) is 14.6. The summed E-state index contributed by atoms with van der Waals surface area (Å²) in [6, 6.07) is 1.95. The maximum absolute atomic E-state index is 12.4. The van der Waals surface area contributed by atoms with Gasteiger partial charge in [-0.2, -0.15) is 0 Å². The van der Waals surface area contributed by atoms with Crippen molar-refractivity contribution in [3.05, 3.63) is 22.9 Å². The second-order valence-corrected chi connectivity index (χ2v) is 8.66. The van der Waals surface area contributed by atoms with Crippen molar-refractivity contribution in [2.24, 2.45) is 5.92 Å². The Labute approximate surface area is 137 Å². The molecule has 6 heteroatoms. The van der Waals surface area contributed by atoms with Crippen molar-refractivity contribution in [1.29, 1.82) is 0 Å². The molecule has 0 aliphatic carbocycles. The van der Waals surface area contributed by atoms with Gasteiger partial charge >= 0.3 is 0 Å². The van der Waals surface area contributed by atoms with Crippen LogP contribution in [-0.4, -0.2) is 4.57 Å². The topological polar surface area (TPSA) is 48.0 Å². The van der Waals surface area contributed by atoms with Crippen molar-refractivity contribution < 1.29 is 0 Å². The summed E-state index contributed by atoms with van der Waals surface area (Å²) in [6.07, 6.45) is 0.965. The number of fused-ring (bicyclic) bond motifs is 1. The van der Waals surface area contributed by atoms with Crippen LogP contribution in [0.15, 0.2) is 10.9 Å². The lowest BCUT2D eigenvalue weighted by Crippen LogP contribution is -2.24. The van der Waals surface area contributed by atoms with Gasteiger partial charge in [0.15, 0.2) is 0 Å². The summed E-state index contributed by atoms with van der Waals surface area (Å²) in [5.74, 6) is 1.17. The van der Waals surface area contributed by atoms with Crippen LogP contribution in [-0.2, 0) is 6.54 Å². The Balaban J connectivity index is 2.63. The molecule has 98 valence electrons. The minimum Gasteiger partial charge on any atom is -0.384 e. The van der Waals surface area contributed by atoms with E-state index in [1.807, 2.05) is 6.07 Å². The molecule has 0 bridgehead atoms. The standard InChI is InChI=1S/C12H14I2N2OS/c1-6(2)3-4-16-11(15)9(14)10-7(12(16)17)5-8(13)18-10/h5-6H,3-4,15H2,1-2H3. The zero-order valence-electron chi connectivity index (χ0n) is 10.2. The van der Waals surface area contributed by atoms with Crippen LogP contribution in [0.5, 0.6) is 0 Å². The van der Waals surface area contributed by atoms with Gasteiger partial charge in [-0.05, 0) is 63.6 Å². The minimum absolute atomic E-state index is 0.0442. The molecule has 2 heterocycles. The fourth-order valence-electron chi connectivity index (χ4n) is 1.78. The van der Waals surface area contributed by atoms with Crippen LogP contribution >= 0.6 is 56.5 Å². The highest BCUT2D eigenvalue weighted by molar-refractivity contribution is 14.1. The number of nitrogen functional groups attached to an aromatic ring is 1. The van der Waals surface area contributed by atoms with Gasteiger partial charge in [0.25, 0.3) is 5.56 Å². The van der Waals surface area contributed by atoms with E-state index >= 15 is 0 Å². The van der Waals surface area contributed by atoms with E-state index in [0.717, 1.165) is 23.0 Å². The van der Waals surface area contributed by atoms with Crippen molar-refractivity contribution >= 4 is 72.4 Å². The lowest BCUT2D eigenvalue weighted by molar-refractivity contribution is 0.513. The van der Waals surface area contributed by atoms with Gasteiger partial charge in [-0.15, -0.1) is 11.3 Å². The number of nitrogens with two attached hydrogens (primary N) is 1. The van der Waals surface area contributed by atoms with Crippen molar-refractivity contribution in [2.45, 2.75) is 26.8 Å². The third kappa shape index (κ3) is 2.69. The van der Waals surface area contributed by atoms with Crippen molar-refractivity contribution in [3.8, 4) is 0 Å². The fourth-order valence-corrected chi connectivity index (χ4v) is 4.49. The monoisotopic (exact) mass is 488 g/mol. The number of aromatic nitrogens is 1. The molecule has 0 aromatic carbocycles. The number of hydrogen-bond acceptors (Lipinski definition) is 3. The number of hydrogen-bond donors (Lipinski definition) is 1. The minimum atomic E-state index is 0.0442. The number of thiophene rings is 1. The van der Waals surface area contributed by atoms with E-state index in [2.05, 4.69) is 59.0 Å². The maximum Gasteiger partial charge on any atom is 0.260 e. The molecule has 2 aromatic heterocycles. The zero-order chi connectivity index (χ0) is 13.4. The van der Waals surface area contributed by atoms with E-state index < -0.39 is 0 Å². The van der Waals surface area contributed by atoms with E-state index in [1.54, 1.807) is 15.9 Å². The van der Waals surface area contributed by atoms with Crippen LogP contribution in [0.1, 0.15) is 20.3 Å². The molecule has 3 nitrogen and oxygen atoms in total. The van der Waals surface area contributed by atoms with Gasteiger partial charge in [-0.1, -0.05) is 13.8 Å². The summed E-state index contributed by atoms with van der Waals surface area (Å²) in [6.45, 7) is 5.00. The second-order valence-electron chi connectivity index (χ2n) is 4.63. The Morgan fingerprint density at radius 3 is 2.72 bits per heavy atom. The smallest absolute Gasteiger partial charge is 0.260 e. The summed E-state index contributed by atoms with van der Waals surface area (Å²) in [5.41, 5.74) is 6.15. The molecule has 0 fully saturated rings. The van der Waals surface area contributed by atoms with Crippen LogP contribution in [0.2, 0.25) is 0 Å². The Bertz CT molecular complexity index is 646. The molecule has 0 amide bonds. The average Bonchev–Trinajstić information content (AvgIpc) is 2.68. The van der Waals surface area contributed by atoms with Gasteiger partial charge in [0.2, 0.25) is 0 Å². The average molecular weight is 488 g/mol. The van der Waals surface area contributed by atoms with Gasteiger partial charge in [0, 0.05) is 6.54 Å². The van der Waals surface area contributed by atoms with Crippen LogP contribution in [0.4, 0.5) is 5.82 Å². The predicted molar refractivity (Wildman–Crippen MR) is 95.4 cm³/mol. The van der Waals surface area contributed by atoms with E-state index in [1.165, 1.54) is 0 Å². The molecule has 0 atom stereocenters. The van der Waals surface area contributed by atoms with Gasteiger partial charge < -0.3 is 5.73 Å².